The molecule has 2 aromatic heterocycles. The molecule has 0 spiro atoms. The minimum atomic E-state index is -0.808. The summed E-state index contributed by atoms with van der Waals surface area (Å²) in [5.41, 5.74) is 1.26. The molecule has 1 saturated heterocycles. The average Bonchev–Trinajstić information content (AvgIpc) is 3.54. The monoisotopic (exact) mass is 507 g/mol. The molecule has 0 saturated carbocycles. The number of nitrogens with one attached hydrogen (secondary N) is 2. The van der Waals surface area contributed by atoms with Gasteiger partial charge in [-0.15, -0.1) is 0 Å². The number of nitrogens with zero attached hydrogens (tertiary/aromatic N) is 3. The second-order valence-corrected chi connectivity index (χ2v) is 9.67. The van der Waals surface area contributed by atoms with Crippen molar-refractivity contribution < 1.29 is 14.9 Å². The van der Waals surface area contributed by atoms with Crippen LogP contribution in [0.25, 0.3) is 43.5 Å². The Hall–Kier alpha value is -4.31. The zero-order valence-corrected chi connectivity index (χ0v) is 20.3. The molecule has 38 heavy (non-hydrogen) atoms. The summed E-state index contributed by atoms with van der Waals surface area (Å²) in [4.78, 5) is 24.5. The lowest BCUT2D eigenvalue weighted by Crippen LogP contribution is -2.24. The lowest BCUT2D eigenvalue weighted by molar-refractivity contribution is -0.0432. The fraction of sp³-hybridized carbons (Fsp3) is 0.207. The van der Waals surface area contributed by atoms with E-state index in [1.165, 1.54) is 22.5 Å². The number of aliphatic hydroxyl groups is 2. The highest BCUT2D eigenvalue weighted by atomic mass is 16.5. The average molecular weight is 508 g/mol. The first-order valence-corrected chi connectivity index (χ1v) is 12.6. The summed E-state index contributed by atoms with van der Waals surface area (Å²) >= 11 is 0. The van der Waals surface area contributed by atoms with E-state index in [9.17, 15) is 15.0 Å². The van der Waals surface area contributed by atoms with E-state index in [4.69, 9.17) is 4.74 Å². The van der Waals surface area contributed by atoms with Crippen molar-refractivity contribution in [2.24, 2.45) is 0 Å². The van der Waals surface area contributed by atoms with Crippen LogP contribution in [-0.2, 0) is 11.3 Å². The molecule has 7 rings (SSSR count). The minimum Gasteiger partial charge on any atom is -0.394 e. The molecule has 0 aliphatic carbocycles. The summed E-state index contributed by atoms with van der Waals surface area (Å²) in [6, 6.07) is 23.2. The van der Waals surface area contributed by atoms with Gasteiger partial charge in [0.15, 0.2) is 11.2 Å². The van der Waals surface area contributed by atoms with Crippen molar-refractivity contribution in [2.45, 2.75) is 31.4 Å². The van der Waals surface area contributed by atoms with Gasteiger partial charge < -0.3 is 20.3 Å². The fourth-order valence-corrected chi connectivity index (χ4v) is 5.55. The molecule has 1 fully saturated rings. The van der Waals surface area contributed by atoms with Crippen LogP contribution in [0.4, 0.5) is 5.95 Å². The lowest BCUT2D eigenvalue weighted by Gasteiger charge is -2.15. The number of aromatic amines is 1. The fourth-order valence-electron chi connectivity index (χ4n) is 5.55. The van der Waals surface area contributed by atoms with Gasteiger partial charge in [-0.05, 0) is 43.9 Å². The number of rotatable bonds is 5. The Morgan fingerprint density at radius 2 is 1.79 bits per heavy atom. The molecule has 4 N–H and O–H groups in total. The van der Waals surface area contributed by atoms with Crippen molar-refractivity contribution in [1.29, 1.82) is 0 Å². The first-order chi connectivity index (χ1) is 18.6. The second kappa shape index (κ2) is 8.91. The van der Waals surface area contributed by atoms with Crippen LogP contribution in [0.3, 0.4) is 0 Å². The van der Waals surface area contributed by atoms with E-state index in [0.29, 0.717) is 18.1 Å². The third kappa shape index (κ3) is 3.63. The Morgan fingerprint density at radius 1 is 1.00 bits per heavy atom. The van der Waals surface area contributed by atoms with E-state index in [0.717, 1.165) is 21.7 Å². The van der Waals surface area contributed by atoms with Crippen LogP contribution < -0.4 is 10.9 Å². The smallest absolute Gasteiger partial charge is 0.280 e. The molecule has 1 aliphatic heterocycles. The van der Waals surface area contributed by atoms with Gasteiger partial charge >= 0.3 is 0 Å². The first kappa shape index (κ1) is 22.9. The summed E-state index contributed by atoms with van der Waals surface area (Å²) in [6.07, 6.45) is -0.323. The van der Waals surface area contributed by atoms with Gasteiger partial charge in [0, 0.05) is 13.0 Å². The number of benzene rings is 4. The highest BCUT2D eigenvalue weighted by Crippen LogP contribution is 2.34. The van der Waals surface area contributed by atoms with Gasteiger partial charge in [-0.2, -0.15) is 4.98 Å². The van der Waals surface area contributed by atoms with Crippen molar-refractivity contribution in [3.63, 3.8) is 0 Å². The van der Waals surface area contributed by atoms with Crippen molar-refractivity contribution in [1.82, 2.24) is 19.5 Å². The van der Waals surface area contributed by atoms with Gasteiger partial charge in [0.1, 0.15) is 12.3 Å². The largest absolute Gasteiger partial charge is 0.394 e. The summed E-state index contributed by atoms with van der Waals surface area (Å²) in [5.74, 6) is 0.309. The molecule has 9 heteroatoms. The van der Waals surface area contributed by atoms with Crippen LogP contribution >= 0.6 is 0 Å². The lowest BCUT2D eigenvalue weighted by atomic mass is 9.93. The third-order valence-electron chi connectivity index (χ3n) is 7.44. The number of aromatic nitrogens is 4. The molecule has 190 valence electrons. The molecule has 4 aromatic carbocycles. The normalized spacial score (nSPS) is 19.7. The number of H-pyrrole nitrogens is 1. The summed E-state index contributed by atoms with van der Waals surface area (Å²) < 4.78 is 7.40. The summed E-state index contributed by atoms with van der Waals surface area (Å²) in [6.45, 7) is 0.142. The molecule has 1 aliphatic rings. The van der Waals surface area contributed by atoms with Gasteiger partial charge in [-0.1, -0.05) is 60.7 Å². The molecule has 0 radical (unpaired) electrons. The van der Waals surface area contributed by atoms with Crippen molar-refractivity contribution in [3.8, 4) is 0 Å². The van der Waals surface area contributed by atoms with Crippen LogP contribution in [0.1, 0.15) is 18.2 Å². The second-order valence-electron chi connectivity index (χ2n) is 9.67. The van der Waals surface area contributed by atoms with Gasteiger partial charge in [0.25, 0.3) is 5.56 Å². The van der Waals surface area contributed by atoms with Crippen molar-refractivity contribution >= 4 is 49.4 Å². The van der Waals surface area contributed by atoms with Crippen LogP contribution in [0.2, 0.25) is 0 Å². The molecule has 9 nitrogen and oxygen atoms in total. The molecular weight excluding hydrogens is 482 g/mol. The Bertz CT molecular complexity index is 1900. The molecule has 3 atom stereocenters. The number of aliphatic hydroxyl groups excluding tert-OH is 2. The SMILES string of the molecule is O=c1[nH]c(NCc2c3ccccc3cc3c2ccc2ccccc23)nc2c1ncn2[C@H]1C[C@H](O)[C@@H](CO)O1. The highest BCUT2D eigenvalue weighted by molar-refractivity contribution is 6.14. The van der Waals surface area contributed by atoms with Crippen LogP contribution in [0, 0.1) is 0 Å². The predicted molar refractivity (Wildman–Crippen MR) is 146 cm³/mol. The minimum absolute atomic E-state index is 0.183. The molecule has 3 heterocycles. The van der Waals surface area contributed by atoms with E-state index in [-0.39, 0.29) is 24.1 Å². The number of hydrogen-bond acceptors (Lipinski definition) is 7. The molecule has 6 aromatic rings. The standard InChI is InChI=1S/C29H25N5O4/c35-14-24-23(36)12-25(38-24)34-15-31-26-27(34)32-29(33-28(26)37)30-13-22-19-8-4-2-6-17(19)11-21-18-7-3-1-5-16(18)9-10-20(21)22/h1-11,15,23-25,35-36H,12-14H2,(H2,30,32,33,37)/t23-,24+,25+/m0/s1. The highest BCUT2D eigenvalue weighted by Gasteiger charge is 2.35. The van der Waals surface area contributed by atoms with Crippen LogP contribution in [-0.4, -0.2) is 48.5 Å². The summed E-state index contributed by atoms with van der Waals surface area (Å²) in [5, 5.41) is 29.9. The number of anilines is 1. The van der Waals surface area contributed by atoms with Crippen LogP contribution in [0.15, 0.2) is 77.9 Å². The van der Waals surface area contributed by atoms with E-state index in [2.05, 4.69) is 68.8 Å². The Kier molecular flexibility index (Phi) is 5.36. The topological polar surface area (TPSA) is 125 Å². The maximum atomic E-state index is 12.9. The molecule has 0 bridgehead atoms. The van der Waals surface area contributed by atoms with E-state index >= 15 is 0 Å². The van der Waals surface area contributed by atoms with Crippen molar-refractivity contribution in [3.05, 3.63) is 89.0 Å². The first-order valence-electron chi connectivity index (χ1n) is 12.6. The zero-order chi connectivity index (χ0) is 25.8. The number of imidazole rings is 1. The molecule has 0 amide bonds. The zero-order valence-electron chi connectivity index (χ0n) is 20.3. The Labute approximate surface area is 216 Å². The van der Waals surface area contributed by atoms with E-state index in [1.54, 1.807) is 4.57 Å². The maximum absolute atomic E-state index is 12.9. The van der Waals surface area contributed by atoms with E-state index < -0.39 is 18.4 Å². The quantitative estimate of drug-likeness (QED) is 0.206. The third-order valence-corrected chi connectivity index (χ3v) is 7.44. The van der Waals surface area contributed by atoms with Gasteiger partial charge in [0.2, 0.25) is 5.95 Å². The number of hydrogen-bond donors (Lipinski definition) is 4. The van der Waals surface area contributed by atoms with Crippen LogP contribution in [0.5, 0.6) is 0 Å². The Morgan fingerprint density at radius 3 is 2.61 bits per heavy atom. The molecular formula is C29H25N5O4. The molecule has 0 unspecified atom stereocenters. The summed E-state index contributed by atoms with van der Waals surface area (Å²) in [7, 11) is 0. The van der Waals surface area contributed by atoms with Gasteiger partial charge in [0.05, 0.1) is 19.0 Å². The van der Waals surface area contributed by atoms with E-state index in [1.807, 2.05) is 18.2 Å². The number of fused-ring (bicyclic) bond motifs is 5. The maximum Gasteiger partial charge on any atom is 0.280 e. The van der Waals surface area contributed by atoms with Crippen molar-refractivity contribution in [2.75, 3.05) is 11.9 Å². The number of ether oxygens (including phenoxy) is 1. The van der Waals surface area contributed by atoms with Gasteiger partial charge in [-0.3, -0.25) is 14.3 Å². The Balaban J connectivity index is 1.30. The predicted octanol–water partition coefficient (Wildman–Crippen LogP) is 3.83. The van der Waals surface area contributed by atoms with Gasteiger partial charge in [-0.25, -0.2) is 4.98 Å².